The number of aromatic nitrogens is 3. The summed E-state index contributed by atoms with van der Waals surface area (Å²) in [5.74, 6) is -0.00984. The van der Waals surface area contributed by atoms with E-state index in [0.717, 1.165) is 10.2 Å². The molecule has 0 radical (unpaired) electrons. The van der Waals surface area contributed by atoms with Crippen LogP contribution in [0.5, 0.6) is 11.5 Å². The number of benzene rings is 2. The smallest absolute Gasteiger partial charge is 0.437 e. The second kappa shape index (κ2) is 9.61. The molecule has 0 spiro atoms. The molecule has 4 rings (SSSR count). The first-order chi connectivity index (χ1) is 15.6. The third-order valence-electron chi connectivity index (χ3n) is 4.51. The zero-order chi connectivity index (χ0) is 22.3. The minimum atomic E-state index is -0.713. The Morgan fingerprint density at radius 3 is 2.59 bits per heavy atom. The molecule has 162 valence electrons. The highest BCUT2D eigenvalue weighted by molar-refractivity contribution is 5.90. The number of ether oxygens (including phenoxy) is 2. The molecule has 1 amide bonds. The monoisotopic (exact) mass is 432 g/mol. The molecule has 0 atom stereocenters. The van der Waals surface area contributed by atoms with Crippen LogP contribution in [0.2, 0.25) is 0 Å². The van der Waals surface area contributed by atoms with E-state index in [1.807, 2.05) is 18.2 Å². The molecule has 32 heavy (non-hydrogen) atoms. The molecule has 0 aliphatic carbocycles. The molecule has 0 aliphatic heterocycles. The predicted octanol–water partition coefficient (Wildman–Crippen LogP) is 3.12. The van der Waals surface area contributed by atoms with Crippen LogP contribution in [0, 0.1) is 0 Å². The maximum Gasteiger partial charge on any atom is 0.437 e. The van der Waals surface area contributed by atoms with E-state index >= 15 is 0 Å². The van der Waals surface area contributed by atoms with E-state index in [0.29, 0.717) is 29.4 Å². The Kier molecular flexibility index (Phi) is 6.26. The first-order valence-electron chi connectivity index (χ1n) is 9.75. The summed E-state index contributed by atoms with van der Waals surface area (Å²) in [6.07, 6.45) is 3.36. The standard InChI is InChI=1S/C23H20N4O5/c1-30-19-8-7-18(13-20(19)31-15-16-9-11-24-12-10-16)25-21(28)14-27-23(29)32-22(26-27)17-5-3-2-4-6-17/h2-13H,14-15H2,1H3,(H,25,28). The molecule has 2 heterocycles. The van der Waals surface area contributed by atoms with Crippen LogP contribution in [0.25, 0.3) is 11.5 Å². The topological polar surface area (TPSA) is 108 Å². The lowest BCUT2D eigenvalue weighted by atomic mass is 10.2. The fraction of sp³-hybridized carbons (Fsp3) is 0.130. The number of hydrogen-bond acceptors (Lipinski definition) is 7. The van der Waals surface area contributed by atoms with Crippen molar-refractivity contribution < 1.29 is 18.7 Å². The lowest BCUT2D eigenvalue weighted by Crippen LogP contribution is -2.25. The Labute approximate surface area is 183 Å². The molecule has 9 nitrogen and oxygen atoms in total. The van der Waals surface area contributed by atoms with Crippen molar-refractivity contribution >= 4 is 11.6 Å². The quantitative estimate of drug-likeness (QED) is 0.456. The van der Waals surface area contributed by atoms with E-state index in [1.54, 1.807) is 54.9 Å². The fourth-order valence-electron chi connectivity index (χ4n) is 2.95. The molecule has 2 aromatic heterocycles. The number of pyridine rings is 1. The summed E-state index contributed by atoms with van der Waals surface area (Å²) in [6, 6.07) is 17.7. The molecule has 9 heteroatoms. The van der Waals surface area contributed by atoms with Gasteiger partial charge in [-0.3, -0.25) is 9.78 Å². The number of methoxy groups -OCH3 is 1. The summed E-state index contributed by atoms with van der Waals surface area (Å²) in [6.45, 7) is 0.0152. The van der Waals surface area contributed by atoms with E-state index in [9.17, 15) is 9.59 Å². The Bertz CT molecular complexity index is 1250. The average molecular weight is 432 g/mol. The van der Waals surface area contributed by atoms with Crippen LogP contribution in [-0.2, 0) is 17.9 Å². The van der Waals surface area contributed by atoms with Crippen molar-refractivity contribution in [3.05, 3.63) is 89.2 Å². The maximum absolute atomic E-state index is 12.5. The van der Waals surface area contributed by atoms with Gasteiger partial charge in [-0.25, -0.2) is 4.79 Å². The number of carbonyl (C=O) groups excluding carboxylic acids is 1. The zero-order valence-corrected chi connectivity index (χ0v) is 17.2. The van der Waals surface area contributed by atoms with Gasteiger partial charge in [-0.15, -0.1) is 5.10 Å². The molecule has 0 saturated carbocycles. The third kappa shape index (κ3) is 5.01. The molecule has 2 aromatic carbocycles. The van der Waals surface area contributed by atoms with E-state index < -0.39 is 11.7 Å². The Morgan fingerprint density at radius 1 is 1.06 bits per heavy atom. The van der Waals surface area contributed by atoms with E-state index in [1.165, 1.54) is 7.11 Å². The Morgan fingerprint density at radius 2 is 1.84 bits per heavy atom. The second-order valence-electron chi connectivity index (χ2n) is 6.75. The third-order valence-corrected chi connectivity index (χ3v) is 4.51. The van der Waals surface area contributed by atoms with Crippen LogP contribution >= 0.6 is 0 Å². The van der Waals surface area contributed by atoms with Gasteiger partial charge in [0.05, 0.1) is 7.11 Å². The summed E-state index contributed by atoms with van der Waals surface area (Å²) >= 11 is 0. The van der Waals surface area contributed by atoms with E-state index in [4.69, 9.17) is 13.9 Å². The normalized spacial score (nSPS) is 10.5. The van der Waals surface area contributed by atoms with Gasteiger partial charge in [-0.2, -0.15) is 4.68 Å². The van der Waals surface area contributed by atoms with E-state index in [-0.39, 0.29) is 12.4 Å². The number of anilines is 1. The van der Waals surface area contributed by atoms with Gasteiger partial charge in [0.15, 0.2) is 11.5 Å². The van der Waals surface area contributed by atoms with E-state index in [2.05, 4.69) is 15.4 Å². The Hall–Kier alpha value is -4.40. The van der Waals surface area contributed by atoms with Crippen molar-refractivity contribution in [2.45, 2.75) is 13.2 Å². The molecule has 0 bridgehead atoms. The molecule has 0 fully saturated rings. The van der Waals surface area contributed by atoms with Crippen molar-refractivity contribution in [3.63, 3.8) is 0 Å². The van der Waals surface area contributed by atoms with Gasteiger partial charge in [0.1, 0.15) is 13.2 Å². The van der Waals surface area contributed by atoms with Crippen molar-refractivity contribution in [3.8, 4) is 23.0 Å². The Balaban J connectivity index is 1.44. The van der Waals surface area contributed by atoms with Crippen LogP contribution < -0.4 is 20.5 Å². The summed E-state index contributed by atoms with van der Waals surface area (Å²) in [4.78, 5) is 28.5. The minimum Gasteiger partial charge on any atom is -0.493 e. The van der Waals surface area contributed by atoms with Crippen LogP contribution in [0.1, 0.15) is 5.56 Å². The van der Waals surface area contributed by atoms with Crippen LogP contribution in [0.15, 0.2) is 82.3 Å². The number of carbonyl (C=O) groups is 1. The molecular weight excluding hydrogens is 412 g/mol. The lowest BCUT2D eigenvalue weighted by molar-refractivity contribution is -0.117. The average Bonchev–Trinajstić information content (AvgIpc) is 3.19. The number of nitrogens with one attached hydrogen (secondary N) is 1. The van der Waals surface area contributed by atoms with Crippen molar-refractivity contribution in [2.75, 3.05) is 12.4 Å². The van der Waals surface area contributed by atoms with Crippen molar-refractivity contribution in [1.29, 1.82) is 0 Å². The van der Waals surface area contributed by atoms with Gasteiger partial charge in [0, 0.05) is 29.7 Å². The lowest BCUT2D eigenvalue weighted by Gasteiger charge is -2.13. The van der Waals surface area contributed by atoms with Gasteiger partial charge >= 0.3 is 5.76 Å². The first-order valence-corrected chi connectivity index (χ1v) is 9.75. The summed E-state index contributed by atoms with van der Waals surface area (Å²) in [5.41, 5.74) is 2.08. The maximum atomic E-state index is 12.5. The molecule has 0 unspecified atom stereocenters. The number of nitrogens with zero attached hydrogens (tertiary/aromatic N) is 3. The zero-order valence-electron chi connectivity index (χ0n) is 17.2. The van der Waals surface area contributed by atoms with Gasteiger partial charge in [0.25, 0.3) is 0 Å². The molecule has 0 aliphatic rings. The molecule has 1 N–H and O–H groups in total. The highest BCUT2D eigenvalue weighted by Crippen LogP contribution is 2.31. The van der Waals surface area contributed by atoms with Crippen molar-refractivity contribution in [1.82, 2.24) is 14.8 Å². The van der Waals surface area contributed by atoms with Gasteiger partial charge in [-0.05, 0) is 42.0 Å². The first kappa shape index (κ1) is 20.9. The highest BCUT2D eigenvalue weighted by atomic mass is 16.5. The summed E-state index contributed by atoms with van der Waals surface area (Å²) in [5, 5.41) is 6.83. The van der Waals surface area contributed by atoms with Crippen molar-refractivity contribution in [2.24, 2.45) is 0 Å². The second-order valence-corrected chi connectivity index (χ2v) is 6.75. The van der Waals surface area contributed by atoms with Gasteiger partial charge in [0.2, 0.25) is 11.8 Å². The fourth-order valence-corrected chi connectivity index (χ4v) is 2.95. The molecule has 0 saturated heterocycles. The largest absolute Gasteiger partial charge is 0.493 e. The van der Waals surface area contributed by atoms with Gasteiger partial charge < -0.3 is 19.2 Å². The number of hydrogen-bond donors (Lipinski definition) is 1. The minimum absolute atomic E-state index is 0.152. The van der Waals surface area contributed by atoms with Crippen LogP contribution in [0.3, 0.4) is 0 Å². The predicted molar refractivity (Wildman–Crippen MR) is 116 cm³/mol. The molecule has 4 aromatic rings. The van der Waals surface area contributed by atoms with Crippen LogP contribution in [-0.4, -0.2) is 27.8 Å². The van der Waals surface area contributed by atoms with Crippen LogP contribution in [0.4, 0.5) is 5.69 Å². The highest BCUT2D eigenvalue weighted by Gasteiger charge is 2.14. The SMILES string of the molecule is COc1ccc(NC(=O)Cn2nc(-c3ccccc3)oc2=O)cc1OCc1ccncc1. The number of rotatable bonds is 8. The summed E-state index contributed by atoms with van der Waals surface area (Å²) in [7, 11) is 1.54. The summed E-state index contributed by atoms with van der Waals surface area (Å²) < 4.78 is 17.3. The van der Waals surface area contributed by atoms with Gasteiger partial charge in [-0.1, -0.05) is 18.2 Å². The number of amides is 1. The molecular formula is C23H20N4O5.